The molecule has 0 saturated carbocycles. The topological polar surface area (TPSA) is 58.9 Å². The molecule has 136 valence electrons. The van der Waals surface area contributed by atoms with Crippen LogP contribution in [0.5, 0.6) is 0 Å². The molecule has 1 aliphatic heterocycles. The lowest BCUT2D eigenvalue weighted by Gasteiger charge is -2.35. The molecule has 2 aromatic heterocycles. The van der Waals surface area contributed by atoms with Gasteiger partial charge in [-0.3, -0.25) is 4.68 Å². The van der Waals surface area contributed by atoms with E-state index in [1.54, 1.807) is 10.9 Å². The van der Waals surface area contributed by atoms with Crippen LogP contribution in [0.2, 0.25) is 5.02 Å². The van der Waals surface area contributed by atoms with Crippen LogP contribution in [-0.2, 0) is 7.05 Å². The number of hydrogen-bond donors (Lipinski definition) is 1. The fourth-order valence-corrected chi connectivity index (χ4v) is 3.87. The predicted octanol–water partition coefficient (Wildman–Crippen LogP) is 4.24. The van der Waals surface area contributed by atoms with Gasteiger partial charge < -0.3 is 10.2 Å². The number of nitrogens with one attached hydrogen (secondary N) is 1. The SMILES string of the molecule is C[C@@H]1C[C@H](C)CN(c2nc(Nc3ccc(Cl)cc3)c3cnn(C)c3n2)C1. The van der Waals surface area contributed by atoms with E-state index in [-0.39, 0.29) is 0 Å². The van der Waals surface area contributed by atoms with E-state index < -0.39 is 0 Å². The Morgan fingerprint density at radius 2 is 1.77 bits per heavy atom. The Balaban J connectivity index is 1.75. The van der Waals surface area contributed by atoms with Crippen LogP contribution in [0.4, 0.5) is 17.5 Å². The van der Waals surface area contributed by atoms with Gasteiger partial charge in [-0.05, 0) is 42.5 Å². The fourth-order valence-electron chi connectivity index (χ4n) is 3.74. The number of aromatic nitrogens is 4. The number of hydrogen-bond acceptors (Lipinski definition) is 5. The minimum absolute atomic E-state index is 0.636. The maximum Gasteiger partial charge on any atom is 0.229 e. The highest BCUT2D eigenvalue weighted by Crippen LogP contribution is 2.29. The van der Waals surface area contributed by atoms with Crippen LogP contribution in [0, 0.1) is 11.8 Å². The molecule has 6 nitrogen and oxygen atoms in total. The Kier molecular flexibility index (Phi) is 4.44. The van der Waals surface area contributed by atoms with Crippen molar-refractivity contribution in [2.45, 2.75) is 20.3 Å². The van der Waals surface area contributed by atoms with Crippen molar-refractivity contribution in [1.29, 1.82) is 0 Å². The molecule has 2 atom stereocenters. The minimum atomic E-state index is 0.636. The third kappa shape index (κ3) is 3.33. The van der Waals surface area contributed by atoms with Crippen molar-refractivity contribution in [2.75, 3.05) is 23.3 Å². The lowest BCUT2D eigenvalue weighted by Crippen LogP contribution is -2.39. The molecule has 0 aliphatic carbocycles. The van der Waals surface area contributed by atoms with Crippen LogP contribution in [-0.4, -0.2) is 32.8 Å². The van der Waals surface area contributed by atoms with Gasteiger partial charge in [0.25, 0.3) is 0 Å². The molecule has 0 unspecified atom stereocenters. The summed E-state index contributed by atoms with van der Waals surface area (Å²) in [5, 5.41) is 9.38. The molecule has 1 aromatic carbocycles. The molecule has 26 heavy (non-hydrogen) atoms. The first kappa shape index (κ1) is 17.1. The van der Waals surface area contributed by atoms with Gasteiger partial charge >= 0.3 is 0 Å². The fraction of sp³-hybridized carbons (Fsp3) is 0.421. The average molecular weight is 371 g/mol. The predicted molar refractivity (Wildman–Crippen MR) is 106 cm³/mol. The van der Waals surface area contributed by atoms with E-state index in [4.69, 9.17) is 21.6 Å². The molecule has 0 spiro atoms. The number of piperidine rings is 1. The summed E-state index contributed by atoms with van der Waals surface area (Å²) in [6.07, 6.45) is 3.05. The van der Waals surface area contributed by atoms with Crippen molar-refractivity contribution >= 4 is 40.1 Å². The molecule has 0 amide bonds. The third-order valence-corrected chi connectivity index (χ3v) is 5.09. The van der Waals surface area contributed by atoms with Gasteiger partial charge in [0.2, 0.25) is 5.95 Å². The maximum absolute atomic E-state index is 5.99. The van der Waals surface area contributed by atoms with E-state index in [0.717, 1.165) is 41.6 Å². The molecular weight excluding hydrogens is 348 g/mol. The monoisotopic (exact) mass is 370 g/mol. The van der Waals surface area contributed by atoms with Crippen LogP contribution >= 0.6 is 11.6 Å². The van der Waals surface area contributed by atoms with Crippen LogP contribution in [0.25, 0.3) is 11.0 Å². The molecule has 0 bridgehead atoms. The maximum atomic E-state index is 5.99. The number of aryl methyl sites for hydroxylation is 1. The molecular formula is C19H23ClN6. The second kappa shape index (κ2) is 6.76. The van der Waals surface area contributed by atoms with Crippen LogP contribution < -0.4 is 10.2 Å². The first-order valence-corrected chi connectivity index (χ1v) is 9.34. The summed E-state index contributed by atoms with van der Waals surface area (Å²) in [6.45, 7) is 6.54. The zero-order valence-electron chi connectivity index (χ0n) is 15.3. The number of rotatable bonds is 3. The molecule has 1 N–H and O–H groups in total. The van der Waals surface area contributed by atoms with Crippen molar-refractivity contribution in [2.24, 2.45) is 18.9 Å². The quantitative estimate of drug-likeness (QED) is 0.747. The summed E-state index contributed by atoms with van der Waals surface area (Å²) >= 11 is 5.99. The lowest BCUT2D eigenvalue weighted by molar-refractivity contribution is 0.354. The van der Waals surface area contributed by atoms with Gasteiger partial charge in [-0.25, -0.2) is 0 Å². The Morgan fingerprint density at radius 1 is 1.08 bits per heavy atom. The van der Waals surface area contributed by atoms with Gasteiger partial charge in [-0.15, -0.1) is 0 Å². The van der Waals surface area contributed by atoms with Crippen LogP contribution in [0.1, 0.15) is 20.3 Å². The molecule has 3 aromatic rings. The van der Waals surface area contributed by atoms with E-state index >= 15 is 0 Å². The number of benzene rings is 1. The summed E-state index contributed by atoms with van der Waals surface area (Å²) in [5.41, 5.74) is 1.77. The summed E-state index contributed by atoms with van der Waals surface area (Å²) in [6, 6.07) is 7.61. The lowest BCUT2D eigenvalue weighted by atomic mass is 9.92. The summed E-state index contributed by atoms with van der Waals surface area (Å²) in [7, 11) is 1.91. The first-order valence-electron chi connectivity index (χ1n) is 8.97. The Hall–Kier alpha value is -2.34. The highest BCUT2D eigenvalue weighted by molar-refractivity contribution is 6.30. The van der Waals surface area contributed by atoms with Gasteiger partial charge in [0.1, 0.15) is 5.82 Å². The van der Waals surface area contributed by atoms with Gasteiger partial charge in [0.15, 0.2) is 5.65 Å². The molecule has 4 rings (SSSR count). The highest BCUT2D eigenvalue weighted by Gasteiger charge is 2.25. The van der Waals surface area contributed by atoms with Crippen LogP contribution in [0.15, 0.2) is 30.5 Å². The van der Waals surface area contributed by atoms with Crippen molar-refractivity contribution in [1.82, 2.24) is 19.7 Å². The Labute approximate surface area is 158 Å². The normalized spacial score (nSPS) is 20.5. The zero-order valence-corrected chi connectivity index (χ0v) is 16.0. The second-order valence-electron chi connectivity index (χ2n) is 7.36. The van der Waals surface area contributed by atoms with Gasteiger partial charge in [0.05, 0.1) is 11.6 Å². The number of nitrogens with zero attached hydrogens (tertiary/aromatic N) is 5. The number of fused-ring (bicyclic) bond motifs is 1. The van der Waals surface area contributed by atoms with E-state index in [0.29, 0.717) is 16.9 Å². The van der Waals surface area contributed by atoms with Crippen LogP contribution in [0.3, 0.4) is 0 Å². The number of halogens is 1. The summed E-state index contributed by atoms with van der Waals surface area (Å²) in [5.74, 6) is 2.80. The van der Waals surface area contributed by atoms with Crippen molar-refractivity contribution in [3.8, 4) is 0 Å². The smallest absolute Gasteiger partial charge is 0.229 e. The van der Waals surface area contributed by atoms with E-state index in [9.17, 15) is 0 Å². The summed E-state index contributed by atoms with van der Waals surface area (Å²) < 4.78 is 1.80. The molecule has 1 fully saturated rings. The first-order chi connectivity index (χ1) is 12.5. The van der Waals surface area contributed by atoms with E-state index in [2.05, 4.69) is 29.2 Å². The van der Waals surface area contributed by atoms with Crippen molar-refractivity contribution in [3.05, 3.63) is 35.5 Å². The summed E-state index contributed by atoms with van der Waals surface area (Å²) in [4.78, 5) is 11.9. The van der Waals surface area contributed by atoms with Crippen molar-refractivity contribution < 1.29 is 0 Å². The molecule has 1 saturated heterocycles. The third-order valence-electron chi connectivity index (χ3n) is 4.84. The van der Waals surface area contributed by atoms with Gasteiger partial charge in [0, 0.05) is 30.8 Å². The standard InChI is InChI=1S/C19H23ClN6/c1-12-8-13(2)11-26(10-12)19-23-17(16-9-21-25(3)18(16)24-19)22-15-6-4-14(20)5-7-15/h4-7,9,12-13H,8,10-11H2,1-3H3,(H,22,23,24)/t12-,13+. The molecule has 0 radical (unpaired) electrons. The van der Waals surface area contributed by atoms with Crippen molar-refractivity contribution in [3.63, 3.8) is 0 Å². The molecule has 1 aliphatic rings. The second-order valence-corrected chi connectivity index (χ2v) is 7.80. The Bertz CT molecular complexity index is 910. The van der Waals surface area contributed by atoms with E-state index in [1.807, 2.05) is 31.3 Å². The van der Waals surface area contributed by atoms with E-state index in [1.165, 1.54) is 6.42 Å². The van der Waals surface area contributed by atoms with Gasteiger partial charge in [-0.1, -0.05) is 25.4 Å². The highest BCUT2D eigenvalue weighted by atomic mass is 35.5. The number of anilines is 3. The van der Waals surface area contributed by atoms with Gasteiger partial charge in [-0.2, -0.15) is 15.1 Å². The molecule has 3 heterocycles. The molecule has 7 heteroatoms. The average Bonchev–Trinajstić information content (AvgIpc) is 2.97. The largest absolute Gasteiger partial charge is 0.340 e. The minimum Gasteiger partial charge on any atom is -0.340 e. The Morgan fingerprint density at radius 3 is 2.46 bits per heavy atom. The zero-order chi connectivity index (χ0) is 18.3.